The van der Waals surface area contributed by atoms with E-state index in [2.05, 4.69) is 4.99 Å². The highest BCUT2D eigenvalue weighted by Gasteiger charge is 2.45. The van der Waals surface area contributed by atoms with Gasteiger partial charge in [0.15, 0.2) is 5.17 Å². The number of hydrogen-bond acceptors (Lipinski definition) is 7. The van der Waals surface area contributed by atoms with Crippen LogP contribution in [0, 0.1) is 0 Å². The summed E-state index contributed by atoms with van der Waals surface area (Å²) in [4.78, 5) is 32.0. The number of hydrogen-bond donors (Lipinski definition) is 0. The number of amides is 1. The first-order valence-corrected chi connectivity index (χ1v) is 10.7. The summed E-state index contributed by atoms with van der Waals surface area (Å²) < 4.78 is 15.7. The summed E-state index contributed by atoms with van der Waals surface area (Å²) in [5, 5.41) is 0.412. The van der Waals surface area contributed by atoms with Crippen LogP contribution in [0.25, 0.3) is 6.08 Å². The standard InChI is InChI=1S/C22H26N2O5S/c1-5-18-20(25)24-16(11-10-15-8-6-7-9-17(15)28-4)19(14(2)23-22(24)30-18)21(26)29-13-12-27-3/h6-11,16,18H,5,12-13H2,1-4H3/b11-10+/t16-,18-/m1/s1. The zero-order valence-electron chi connectivity index (χ0n) is 17.6. The molecule has 0 N–H and O–H groups in total. The lowest BCUT2D eigenvalue weighted by atomic mass is 10.00. The SMILES string of the molecule is CC[C@H]1SC2=NC(C)=C(C(=O)OCCOC)[C@@H](/C=C/c3ccccc3OC)N2C1=O. The molecule has 2 heterocycles. The molecule has 1 fully saturated rings. The number of para-hydroxylation sites is 1. The van der Waals surface area contributed by atoms with Crippen molar-refractivity contribution in [3.05, 3.63) is 47.2 Å². The second-order valence-electron chi connectivity index (χ2n) is 6.79. The molecule has 0 aromatic heterocycles. The third kappa shape index (κ3) is 4.44. The molecule has 160 valence electrons. The van der Waals surface area contributed by atoms with E-state index in [1.807, 2.05) is 43.3 Å². The average molecular weight is 431 g/mol. The van der Waals surface area contributed by atoms with Crippen molar-refractivity contribution in [1.82, 2.24) is 4.90 Å². The minimum Gasteiger partial charge on any atom is -0.496 e. The molecule has 30 heavy (non-hydrogen) atoms. The maximum absolute atomic E-state index is 13.0. The van der Waals surface area contributed by atoms with Crippen molar-refractivity contribution in [2.24, 2.45) is 4.99 Å². The second kappa shape index (κ2) is 9.95. The molecule has 0 bridgehead atoms. The van der Waals surface area contributed by atoms with Gasteiger partial charge >= 0.3 is 5.97 Å². The van der Waals surface area contributed by atoms with E-state index < -0.39 is 12.0 Å². The number of benzene rings is 1. The molecule has 1 saturated heterocycles. The number of allylic oxidation sites excluding steroid dienone is 1. The number of aliphatic imine (C=N–C) groups is 1. The van der Waals surface area contributed by atoms with Crippen LogP contribution in [0.3, 0.4) is 0 Å². The molecule has 8 heteroatoms. The van der Waals surface area contributed by atoms with Crippen molar-refractivity contribution < 1.29 is 23.8 Å². The largest absolute Gasteiger partial charge is 0.496 e. The first-order chi connectivity index (χ1) is 14.5. The van der Waals surface area contributed by atoms with E-state index in [4.69, 9.17) is 14.2 Å². The number of carbonyl (C=O) groups is 2. The number of amidine groups is 1. The zero-order chi connectivity index (χ0) is 21.7. The number of methoxy groups -OCH3 is 2. The maximum atomic E-state index is 13.0. The molecule has 1 aromatic rings. The molecule has 7 nitrogen and oxygen atoms in total. The van der Waals surface area contributed by atoms with Gasteiger partial charge in [-0.25, -0.2) is 9.79 Å². The third-order valence-corrected chi connectivity index (χ3v) is 6.22. The van der Waals surface area contributed by atoms with Crippen LogP contribution in [0.4, 0.5) is 0 Å². The van der Waals surface area contributed by atoms with Gasteiger partial charge in [0.05, 0.1) is 36.3 Å². The molecule has 0 radical (unpaired) electrons. The molecule has 0 saturated carbocycles. The summed E-state index contributed by atoms with van der Waals surface area (Å²) in [5.74, 6) is 0.155. The highest BCUT2D eigenvalue weighted by Crippen LogP contribution is 2.38. The fraction of sp³-hybridized carbons (Fsp3) is 0.409. The Morgan fingerprint density at radius 3 is 2.73 bits per heavy atom. The lowest BCUT2D eigenvalue weighted by molar-refractivity contribution is -0.141. The molecule has 1 aromatic carbocycles. The first-order valence-electron chi connectivity index (χ1n) is 9.78. The highest BCUT2D eigenvalue weighted by molar-refractivity contribution is 8.15. The molecular formula is C22H26N2O5S. The number of thioether (sulfide) groups is 1. The Morgan fingerprint density at radius 2 is 2.03 bits per heavy atom. The van der Waals surface area contributed by atoms with E-state index in [-0.39, 0.29) is 17.8 Å². The lowest BCUT2D eigenvalue weighted by Gasteiger charge is -2.30. The molecule has 0 unspecified atom stereocenters. The molecule has 2 atom stereocenters. The van der Waals surface area contributed by atoms with Crippen LogP contribution < -0.4 is 4.74 Å². The van der Waals surface area contributed by atoms with Crippen LogP contribution in [0.15, 0.2) is 46.6 Å². The van der Waals surface area contributed by atoms with Gasteiger partial charge < -0.3 is 14.2 Å². The number of fused-ring (bicyclic) bond motifs is 1. The van der Waals surface area contributed by atoms with E-state index >= 15 is 0 Å². The summed E-state index contributed by atoms with van der Waals surface area (Å²) in [6, 6.07) is 6.96. The Morgan fingerprint density at radius 1 is 1.27 bits per heavy atom. The Kier molecular flexibility index (Phi) is 7.33. The molecule has 0 spiro atoms. The number of ether oxygens (including phenoxy) is 3. The highest BCUT2D eigenvalue weighted by atomic mass is 32.2. The van der Waals surface area contributed by atoms with Crippen molar-refractivity contribution in [3.8, 4) is 5.75 Å². The molecule has 2 aliphatic rings. The lowest BCUT2D eigenvalue weighted by Crippen LogP contribution is -2.45. The first kappa shape index (κ1) is 22.1. The average Bonchev–Trinajstić information content (AvgIpc) is 3.07. The molecule has 0 aliphatic carbocycles. The van der Waals surface area contributed by atoms with Crippen molar-refractivity contribution in [2.45, 2.75) is 31.6 Å². The van der Waals surface area contributed by atoms with Gasteiger partial charge in [-0.15, -0.1) is 0 Å². The fourth-order valence-corrected chi connectivity index (χ4v) is 4.51. The van der Waals surface area contributed by atoms with Gasteiger partial charge in [0, 0.05) is 12.7 Å². The maximum Gasteiger partial charge on any atom is 0.338 e. The summed E-state index contributed by atoms with van der Waals surface area (Å²) >= 11 is 1.44. The van der Waals surface area contributed by atoms with Crippen LogP contribution in [-0.4, -0.2) is 60.7 Å². The molecule has 3 rings (SSSR count). The zero-order valence-corrected chi connectivity index (χ0v) is 18.4. The van der Waals surface area contributed by atoms with Crippen LogP contribution in [0.5, 0.6) is 5.75 Å². The van der Waals surface area contributed by atoms with Gasteiger partial charge in [0.1, 0.15) is 12.4 Å². The van der Waals surface area contributed by atoms with Crippen LogP contribution >= 0.6 is 11.8 Å². The van der Waals surface area contributed by atoms with E-state index in [0.717, 1.165) is 5.56 Å². The quantitative estimate of drug-likeness (QED) is 0.465. The van der Waals surface area contributed by atoms with Gasteiger partial charge in [-0.2, -0.15) is 0 Å². The van der Waals surface area contributed by atoms with Crippen LogP contribution in [0.1, 0.15) is 25.8 Å². The van der Waals surface area contributed by atoms with E-state index in [9.17, 15) is 9.59 Å². The van der Waals surface area contributed by atoms with Gasteiger partial charge in [-0.3, -0.25) is 9.69 Å². The molecule has 1 amide bonds. The van der Waals surface area contributed by atoms with Gasteiger partial charge in [-0.05, 0) is 19.4 Å². The number of nitrogens with zero attached hydrogens (tertiary/aromatic N) is 2. The second-order valence-corrected chi connectivity index (χ2v) is 7.96. The number of esters is 1. The Balaban J connectivity index is 1.99. The van der Waals surface area contributed by atoms with Crippen LogP contribution in [0.2, 0.25) is 0 Å². The predicted molar refractivity (Wildman–Crippen MR) is 117 cm³/mol. The Bertz CT molecular complexity index is 909. The van der Waals surface area contributed by atoms with Crippen molar-refractivity contribution in [1.29, 1.82) is 0 Å². The predicted octanol–water partition coefficient (Wildman–Crippen LogP) is 3.26. The Labute approximate surface area is 180 Å². The Hall–Kier alpha value is -2.58. The summed E-state index contributed by atoms with van der Waals surface area (Å²) in [5.41, 5.74) is 1.75. The number of rotatable bonds is 8. The van der Waals surface area contributed by atoms with E-state index in [0.29, 0.717) is 35.2 Å². The minimum absolute atomic E-state index is 0.0504. The molecule has 2 aliphatic heterocycles. The fourth-order valence-electron chi connectivity index (χ4n) is 3.37. The third-order valence-electron chi connectivity index (χ3n) is 4.90. The van der Waals surface area contributed by atoms with Crippen LogP contribution in [-0.2, 0) is 19.1 Å². The monoisotopic (exact) mass is 430 g/mol. The van der Waals surface area contributed by atoms with E-state index in [1.54, 1.807) is 26.0 Å². The summed E-state index contributed by atoms with van der Waals surface area (Å²) in [6.45, 7) is 4.16. The van der Waals surface area contributed by atoms with Crippen molar-refractivity contribution >= 4 is 34.9 Å². The molecular weight excluding hydrogens is 404 g/mol. The van der Waals surface area contributed by atoms with Crippen molar-refractivity contribution in [2.75, 3.05) is 27.4 Å². The van der Waals surface area contributed by atoms with Gasteiger partial charge in [0.25, 0.3) is 0 Å². The van der Waals surface area contributed by atoms with Gasteiger partial charge in [-0.1, -0.05) is 49.0 Å². The smallest absolute Gasteiger partial charge is 0.338 e. The van der Waals surface area contributed by atoms with Crippen molar-refractivity contribution in [3.63, 3.8) is 0 Å². The summed E-state index contributed by atoms with van der Waals surface area (Å²) in [7, 11) is 3.15. The van der Waals surface area contributed by atoms with Gasteiger partial charge in [0.2, 0.25) is 5.91 Å². The summed E-state index contributed by atoms with van der Waals surface area (Å²) in [6.07, 6.45) is 4.38. The van der Waals surface area contributed by atoms with E-state index in [1.165, 1.54) is 11.8 Å². The normalized spacial score (nSPS) is 21.1. The topological polar surface area (TPSA) is 77.4 Å². The minimum atomic E-state index is -0.603. The number of carbonyl (C=O) groups excluding carboxylic acids is 2.